The summed E-state index contributed by atoms with van der Waals surface area (Å²) in [5, 5.41) is 3.31. The summed E-state index contributed by atoms with van der Waals surface area (Å²) in [4.78, 5) is 2.10. The van der Waals surface area contributed by atoms with Gasteiger partial charge in [-0.15, -0.1) is 0 Å². The Balaban J connectivity index is 1.84. The second-order valence-corrected chi connectivity index (χ2v) is 5.60. The molecule has 2 aliphatic rings. The maximum absolute atomic E-state index is 12.9. The average molecular weight is 300 g/mol. The number of hydrogen-bond acceptors (Lipinski definition) is 3. The lowest BCUT2D eigenvalue weighted by Crippen LogP contribution is -2.37. The summed E-state index contributed by atoms with van der Waals surface area (Å²) in [5.74, 6) is 0. The molecule has 1 aromatic carbocycles. The molecule has 0 radical (unpaired) electrons. The highest BCUT2D eigenvalue weighted by atomic mass is 19.4. The first-order valence-corrected chi connectivity index (χ1v) is 7.30. The molecule has 1 aliphatic heterocycles. The van der Waals surface area contributed by atoms with Gasteiger partial charge in [0.05, 0.1) is 18.8 Å². The number of anilines is 1. The van der Waals surface area contributed by atoms with E-state index in [9.17, 15) is 13.2 Å². The van der Waals surface area contributed by atoms with Crippen molar-refractivity contribution in [3.8, 4) is 0 Å². The summed E-state index contributed by atoms with van der Waals surface area (Å²) >= 11 is 0. The zero-order valence-electron chi connectivity index (χ0n) is 11.7. The van der Waals surface area contributed by atoms with Crippen molar-refractivity contribution in [3.05, 3.63) is 29.3 Å². The molecule has 1 saturated carbocycles. The van der Waals surface area contributed by atoms with Crippen LogP contribution in [0.5, 0.6) is 0 Å². The predicted octanol–water partition coefficient (Wildman–Crippen LogP) is 2.79. The normalized spacial score (nSPS) is 19.9. The standard InChI is InChI=1S/C15H19F3N2O/c16-15(17,18)12-1-4-14(20-5-7-21-8-6-20)11(9-12)10-19-13-2-3-13/h1,4,9,13,19H,2-3,5-8,10H2. The van der Waals surface area contributed by atoms with Gasteiger partial charge >= 0.3 is 6.18 Å². The van der Waals surface area contributed by atoms with Gasteiger partial charge in [-0.3, -0.25) is 0 Å². The van der Waals surface area contributed by atoms with Crippen molar-refractivity contribution in [2.75, 3.05) is 31.2 Å². The van der Waals surface area contributed by atoms with Gasteiger partial charge in [0.1, 0.15) is 0 Å². The third-order valence-corrected chi connectivity index (χ3v) is 3.92. The first-order chi connectivity index (χ1) is 10.0. The number of halogens is 3. The number of morpholine rings is 1. The first-order valence-electron chi connectivity index (χ1n) is 7.30. The monoisotopic (exact) mass is 300 g/mol. The minimum atomic E-state index is -4.29. The second kappa shape index (κ2) is 5.85. The second-order valence-electron chi connectivity index (χ2n) is 5.60. The molecule has 1 heterocycles. The molecule has 3 nitrogen and oxygen atoms in total. The summed E-state index contributed by atoms with van der Waals surface area (Å²) in [5.41, 5.74) is 1.03. The van der Waals surface area contributed by atoms with E-state index < -0.39 is 11.7 Å². The van der Waals surface area contributed by atoms with Crippen LogP contribution in [0, 0.1) is 0 Å². The Morgan fingerprint density at radius 1 is 1.19 bits per heavy atom. The fourth-order valence-electron chi connectivity index (χ4n) is 2.56. The molecule has 0 bridgehead atoms. The van der Waals surface area contributed by atoms with E-state index in [1.807, 2.05) is 0 Å². The zero-order chi connectivity index (χ0) is 14.9. The maximum atomic E-state index is 12.9. The Kier molecular flexibility index (Phi) is 4.08. The van der Waals surface area contributed by atoms with E-state index in [4.69, 9.17) is 4.74 Å². The van der Waals surface area contributed by atoms with Crippen LogP contribution in [0.25, 0.3) is 0 Å². The molecule has 0 unspecified atom stereocenters. The molecule has 0 spiro atoms. The van der Waals surface area contributed by atoms with E-state index in [2.05, 4.69) is 10.2 Å². The molecule has 0 amide bonds. The Hall–Kier alpha value is -1.27. The van der Waals surface area contributed by atoms with Gasteiger partial charge in [0.2, 0.25) is 0 Å². The minimum Gasteiger partial charge on any atom is -0.378 e. The largest absolute Gasteiger partial charge is 0.416 e. The van der Waals surface area contributed by atoms with Crippen LogP contribution in [0.3, 0.4) is 0 Å². The summed E-state index contributed by atoms with van der Waals surface area (Å²) < 4.78 is 44.0. The van der Waals surface area contributed by atoms with Crippen LogP contribution in [0.1, 0.15) is 24.0 Å². The van der Waals surface area contributed by atoms with Gasteiger partial charge in [-0.25, -0.2) is 0 Å². The van der Waals surface area contributed by atoms with E-state index >= 15 is 0 Å². The lowest BCUT2D eigenvalue weighted by atomic mass is 10.1. The Bertz CT molecular complexity index is 494. The third-order valence-electron chi connectivity index (χ3n) is 3.92. The quantitative estimate of drug-likeness (QED) is 0.925. The lowest BCUT2D eigenvalue weighted by molar-refractivity contribution is -0.137. The molecule has 1 aromatic rings. The van der Waals surface area contributed by atoms with Crippen molar-refractivity contribution in [1.29, 1.82) is 0 Å². The molecule has 116 valence electrons. The van der Waals surface area contributed by atoms with Gasteiger partial charge in [-0.1, -0.05) is 0 Å². The smallest absolute Gasteiger partial charge is 0.378 e. The number of nitrogens with zero attached hydrogens (tertiary/aromatic N) is 1. The van der Waals surface area contributed by atoms with Crippen LogP contribution < -0.4 is 10.2 Å². The molecule has 1 saturated heterocycles. The van der Waals surface area contributed by atoms with Gasteiger partial charge < -0.3 is 15.0 Å². The summed E-state index contributed by atoms with van der Waals surface area (Å²) in [6.07, 6.45) is -2.06. The van der Waals surface area contributed by atoms with Crippen LogP contribution in [0.15, 0.2) is 18.2 Å². The number of nitrogens with one attached hydrogen (secondary N) is 1. The van der Waals surface area contributed by atoms with Crippen molar-refractivity contribution in [1.82, 2.24) is 5.32 Å². The molecule has 6 heteroatoms. The lowest BCUT2D eigenvalue weighted by Gasteiger charge is -2.31. The number of alkyl halides is 3. The maximum Gasteiger partial charge on any atom is 0.416 e. The van der Waals surface area contributed by atoms with E-state index in [-0.39, 0.29) is 0 Å². The van der Waals surface area contributed by atoms with Crippen LogP contribution in [-0.2, 0) is 17.5 Å². The van der Waals surface area contributed by atoms with Gasteiger partial charge in [-0.2, -0.15) is 13.2 Å². The number of rotatable bonds is 4. The fourth-order valence-corrected chi connectivity index (χ4v) is 2.56. The minimum absolute atomic E-state index is 0.470. The zero-order valence-corrected chi connectivity index (χ0v) is 11.7. The van der Waals surface area contributed by atoms with Gasteiger partial charge in [0, 0.05) is 31.4 Å². The van der Waals surface area contributed by atoms with Crippen molar-refractivity contribution >= 4 is 5.69 Å². The summed E-state index contributed by atoms with van der Waals surface area (Å²) in [7, 11) is 0. The molecule has 1 N–H and O–H groups in total. The molecule has 3 rings (SSSR count). The number of hydrogen-bond donors (Lipinski definition) is 1. The predicted molar refractivity (Wildman–Crippen MR) is 74.3 cm³/mol. The van der Waals surface area contributed by atoms with Crippen LogP contribution >= 0.6 is 0 Å². The van der Waals surface area contributed by atoms with Gasteiger partial charge in [-0.05, 0) is 36.6 Å². The number of ether oxygens (including phenoxy) is 1. The molecule has 0 atom stereocenters. The van der Waals surface area contributed by atoms with Gasteiger partial charge in [0.15, 0.2) is 0 Å². The first kappa shape index (κ1) is 14.7. The van der Waals surface area contributed by atoms with Crippen molar-refractivity contribution in [2.24, 2.45) is 0 Å². The molecular formula is C15H19F3N2O. The Labute approximate surface area is 122 Å². The van der Waals surface area contributed by atoms with Crippen molar-refractivity contribution < 1.29 is 17.9 Å². The van der Waals surface area contributed by atoms with E-state index in [1.54, 1.807) is 6.07 Å². The molecule has 2 fully saturated rings. The number of benzene rings is 1. The fraction of sp³-hybridized carbons (Fsp3) is 0.600. The van der Waals surface area contributed by atoms with Crippen LogP contribution in [0.2, 0.25) is 0 Å². The van der Waals surface area contributed by atoms with E-state index in [0.717, 1.165) is 37.2 Å². The van der Waals surface area contributed by atoms with E-state index in [1.165, 1.54) is 12.1 Å². The third kappa shape index (κ3) is 3.68. The summed E-state index contributed by atoms with van der Waals surface area (Å²) in [6, 6.07) is 4.51. The Morgan fingerprint density at radius 3 is 2.52 bits per heavy atom. The highest BCUT2D eigenvalue weighted by Gasteiger charge is 2.31. The SMILES string of the molecule is FC(F)(F)c1ccc(N2CCOCC2)c(CNC2CC2)c1. The summed E-state index contributed by atoms with van der Waals surface area (Å²) in [6.45, 7) is 3.18. The average Bonchev–Trinajstić information content (AvgIpc) is 3.29. The highest BCUT2D eigenvalue weighted by molar-refractivity contribution is 5.55. The molecule has 1 aliphatic carbocycles. The van der Waals surface area contributed by atoms with Crippen molar-refractivity contribution in [3.63, 3.8) is 0 Å². The highest BCUT2D eigenvalue weighted by Crippen LogP contribution is 2.33. The van der Waals surface area contributed by atoms with Crippen molar-refractivity contribution in [2.45, 2.75) is 31.6 Å². The molecular weight excluding hydrogens is 281 g/mol. The Morgan fingerprint density at radius 2 is 1.90 bits per heavy atom. The van der Waals surface area contributed by atoms with Crippen LogP contribution in [-0.4, -0.2) is 32.3 Å². The molecule has 21 heavy (non-hydrogen) atoms. The topological polar surface area (TPSA) is 24.5 Å². The molecule has 0 aromatic heterocycles. The van der Waals surface area contributed by atoms with Gasteiger partial charge in [0.25, 0.3) is 0 Å². The van der Waals surface area contributed by atoms with E-state index in [0.29, 0.717) is 25.8 Å². The van der Waals surface area contributed by atoms with Crippen LogP contribution in [0.4, 0.5) is 18.9 Å².